The second-order valence-electron chi connectivity index (χ2n) is 7.62. The Bertz CT molecular complexity index is 587. The molecule has 110 valence electrons. The highest BCUT2D eigenvalue weighted by molar-refractivity contribution is 5.86. The van der Waals surface area contributed by atoms with Crippen molar-refractivity contribution in [2.75, 3.05) is 0 Å². The smallest absolute Gasteiger partial charge is 0.137 e. The van der Waals surface area contributed by atoms with E-state index in [2.05, 4.69) is 25.7 Å². The highest BCUT2D eigenvalue weighted by atomic mass is 16.1. The van der Waals surface area contributed by atoms with Gasteiger partial charge < -0.3 is 0 Å². The fourth-order valence-corrected chi connectivity index (χ4v) is 4.19. The third-order valence-electron chi connectivity index (χ3n) is 5.04. The molecule has 2 aliphatic rings. The van der Waals surface area contributed by atoms with Gasteiger partial charge in [0.05, 0.1) is 0 Å². The Kier molecular flexibility index (Phi) is 3.66. The van der Waals surface area contributed by atoms with Crippen molar-refractivity contribution in [3.8, 4) is 11.8 Å². The molecule has 2 saturated carbocycles. The van der Waals surface area contributed by atoms with Gasteiger partial charge in [-0.3, -0.25) is 4.79 Å². The van der Waals surface area contributed by atoms with Gasteiger partial charge in [-0.2, -0.15) is 0 Å². The Morgan fingerprint density at radius 3 is 2.76 bits per heavy atom. The number of benzene rings is 1. The zero-order chi connectivity index (χ0) is 14.9. The van der Waals surface area contributed by atoms with Crippen LogP contribution in [-0.2, 0) is 4.79 Å². The van der Waals surface area contributed by atoms with E-state index in [0.29, 0.717) is 17.1 Å². The second-order valence-corrected chi connectivity index (χ2v) is 7.62. The Morgan fingerprint density at radius 1 is 1.24 bits per heavy atom. The molecule has 0 aliphatic heterocycles. The van der Waals surface area contributed by atoms with Gasteiger partial charge in [0.15, 0.2) is 0 Å². The van der Waals surface area contributed by atoms with Crippen molar-refractivity contribution in [1.29, 1.82) is 0 Å². The molecule has 0 spiro atoms. The fraction of sp³-hybridized carbons (Fsp3) is 0.550. The lowest BCUT2D eigenvalue weighted by atomic mass is 9.70. The van der Waals surface area contributed by atoms with Crippen LogP contribution in [0.15, 0.2) is 30.3 Å². The van der Waals surface area contributed by atoms with Crippen molar-refractivity contribution in [3.63, 3.8) is 0 Å². The number of fused-ring (bicyclic) bond motifs is 1. The molecule has 2 aliphatic carbocycles. The van der Waals surface area contributed by atoms with Gasteiger partial charge in [-0.15, -0.1) is 0 Å². The maximum Gasteiger partial charge on any atom is 0.137 e. The fourth-order valence-electron chi connectivity index (χ4n) is 4.19. The van der Waals surface area contributed by atoms with Gasteiger partial charge in [-0.1, -0.05) is 43.9 Å². The molecule has 0 N–H and O–H groups in total. The van der Waals surface area contributed by atoms with E-state index >= 15 is 0 Å². The Labute approximate surface area is 128 Å². The first-order chi connectivity index (χ1) is 10.0. The Balaban J connectivity index is 1.51. The van der Waals surface area contributed by atoms with Crippen LogP contribution in [0.5, 0.6) is 0 Å². The van der Waals surface area contributed by atoms with Gasteiger partial charge in [0.2, 0.25) is 0 Å². The van der Waals surface area contributed by atoms with Crippen molar-refractivity contribution in [2.24, 2.45) is 16.7 Å². The lowest BCUT2D eigenvalue weighted by Crippen LogP contribution is -2.30. The quantitative estimate of drug-likeness (QED) is 0.584. The van der Waals surface area contributed by atoms with Crippen LogP contribution in [0.25, 0.3) is 0 Å². The normalized spacial score (nSPS) is 29.2. The summed E-state index contributed by atoms with van der Waals surface area (Å²) in [5.74, 6) is 7.39. The molecule has 1 aromatic carbocycles. The Hall–Kier alpha value is -1.55. The molecule has 3 rings (SSSR count). The summed E-state index contributed by atoms with van der Waals surface area (Å²) in [5, 5.41) is 0. The SMILES string of the molecule is CC1(C)CC(=O)[C@H]2C[C@]2(CCCC#Cc2ccccc2)C1. The minimum atomic E-state index is 0.208. The second kappa shape index (κ2) is 5.34. The summed E-state index contributed by atoms with van der Waals surface area (Å²) in [6, 6.07) is 10.1. The molecular weight excluding hydrogens is 256 g/mol. The van der Waals surface area contributed by atoms with E-state index in [1.165, 1.54) is 12.8 Å². The number of hydrogen-bond donors (Lipinski definition) is 0. The van der Waals surface area contributed by atoms with E-state index in [1.54, 1.807) is 0 Å². The minimum Gasteiger partial charge on any atom is -0.299 e. The van der Waals surface area contributed by atoms with Gasteiger partial charge in [-0.05, 0) is 48.6 Å². The van der Waals surface area contributed by atoms with Crippen molar-refractivity contribution < 1.29 is 4.79 Å². The molecule has 1 aromatic rings. The third kappa shape index (κ3) is 3.21. The first-order valence-electron chi connectivity index (χ1n) is 8.08. The van der Waals surface area contributed by atoms with Crippen LogP contribution in [-0.4, -0.2) is 5.78 Å². The summed E-state index contributed by atoms with van der Waals surface area (Å²) in [5.41, 5.74) is 1.64. The molecule has 0 amide bonds. The van der Waals surface area contributed by atoms with Crippen molar-refractivity contribution in [3.05, 3.63) is 35.9 Å². The monoisotopic (exact) mass is 280 g/mol. The van der Waals surface area contributed by atoms with Gasteiger partial charge in [-0.25, -0.2) is 0 Å². The van der Waals surface area contributed by atoms with Crippen LogP contribution in [0.3, 0.4) is 0 Å². The molecule has 1 heteroatoms. The van der Waals surface area contributed by atoms with Crippen LogP contribution in [0, 0.1) is 28.6 Å². The molecule has 21 heavy (non-hydrogen) atoms. The molecule has 1 nitrogen and oxygen atoms in total. The van der Waals surface area contributed by atoms with E-state index < -0.39 is 0 Å². The molecule has 2 fully saturated rings. The topological polar surface area (TPSA) is 17.1 Å². The molecule has 0 heterocycles. The number of hydrogen-bond acceptors (Lipinski definition) is 1. The summed E-state index contributed by atoms with van der Waals surface area (Å²) in [6.45, 7) is 4.49. The average molecular weight is 280 g/mol. The van der Waals surface area contributed by atoms with Gasteiger partial charge in [0.25, 0.3) is 0 Å². The largest absolute Gasteiger partial charge is 0.299 e. The van der Waals surface area contributed by atoms with E-state index in [0.717, 1.165) is 31.2 Å². The minimum absolute atomic E-state index is 0.208. The molecule has 0 aromatic heterocycles. The van der Waals surface area contributed by atoms with Gasteiger partial charge in [0, 0.05) is 24.3 Å². The maximum atomic E-state index is 12.1. The van der Waals surface area contributed by atoms with Crippen LogP contribution in [0.1, 0.15) is 57.9 Å². The van der Waals surface area contributed by atoms with Crippen molar-refractivity contribution in [1.82, 2.24) is 0 Å². The third-order valence-corrected chi connectivity index (χ3v) is 5.04. The summed E-state index contributed by atoms with van der Waals surface area (Å²) < 4.78 is 0. The van der Waals surface area contributed by atoms with E-state index in [1.807, 2.05) is 30.3 Å². The molecule has 0 radical (unpaired) electrons. The van der Waals surface area contributed by atoms with E-state index in [4.69, 9.17) is 0 Å². The number of unbranched alkanes of at least 4 members (excludes halogenated alkanes) is 1. The summed E-state index contributed by atoms with van der Waals surface area (Å²) in [4.78, 5) is 12.1. The Morgan fingerprint density at radius 2 is 2.00 bits per heavy atom. The lowest BCUT2D eigenvalue weighted by molar-refractivity contribution is -0.125. The highest BCUT2D eigenvalue weighted by Crippen LogP contribution is 2.66. The van der Waals surface area contributed by atoms with Gasteiger partial charge >= 0.3 is 0 Å². The molecule has 0 unspecified atom stereocenters. The molecular formula is C20H24O. The maximum absolute atomic E-state index is 12.1. The summed E-state index contributed by atoms with van der Waals surface area (Å²) >= 11 is 0. The number of carbonyl (C=O) groups excluding carboxylic acids is 1. The van der Waals surface area contributed by atoms with Crippen LogP contribution < -0.4 is 0 Å². The molecule has 0 saturated heterocycles. The van der Waals surface area contributed by atoms with E-state index in [9.17, 15) is 4.79 Å². The number of carbonyl (C=O) groups is 1. The zero-order valence-corrected chi connectivity index (χ0v) is 13.1. The van der Waals surface area contributed by atoms with Gasteiger partial charge in [0.1, 0.15) is 5.78 Å². The van der Waals surface area contributed by atoms with Crippen LogP contribution >= 0.6 is 0 Å². The van der Waals surface area contributed by atoms with Crippen LogP contribution in [0.2, 0.25) is 0 Å². The van der Waals surface area contributed by atoms with Crippen molar-refractivity contribution in [2.45, 2.75) is 52.4 Å². The standard InChI is InChI=1S/C20H24O/c1-19(2)14-18(21)17-13-20(17,15-19)12-8-4-7-11-16-9-5-3-6-10-16/h3,5-6,9-10,17H,4,8,12-15H2,1-2H3/t17-,20-/m1/s1. The first-order valence-corrected chi connectivity index (χ1v) is 8.08. The van der Waals surface area contributed by atoms with Crippen LogP contribution in [0.4, 0.5) is 0 Å². The first kappa shape index (κ1) is 14.4. The number of rotatable bonds is 3. The van der Waals surface area contributed by atoms with E-state index in [-0.39, 0.29) is 5.41 Å². The van der Waals surface area contributed by atoms with Crippen molar-refractivity contribution >= 4 is 5.78 Å². The predicted octanol–water partition coefficient (Wildman–Crippen LogP) is 4.60. The molecule has 2 atom stereocenters. The molecule has 0 bridgehead atoms. The average Bonchev–Trinajstić information content (AvgIpc) is 3.13. The number of ketones is 1. The number of Topliss-reactive ketones (excluding diaryl/α,β-unsaturated/α-hetero) is 1. The predicted molar refractivity (Wildman–Crippen MR) is 85.7 cm³/mol. The summed E-state index contributed by atoms with van der Waals surface area (Å²) in [6.07, 6.45) is 6.39. The zero-order valence-electron chi connectivity index (χ0n) is 13.1. The highest BCUT2D eigenvalue weighted by Gasteiger charge is 2.61. The summed E-state index contributed by atoms with van der Waals surface area (Å²) in [7, 11) is 0. The lowest BCUT2D eigenvalue weighted by Gasteiger charge is -2.34.